The molecule has 1 aliphatic rings. The summed E-state index contributed by atoms with van der Waals surface area (Å²) in [6.45, 7) is 2.75. The fourth-order valence-electron chi connectivity index (χ4n) is 2.57. The molecule has 132 valence electrons. The molecule has 7 heteroatoms. The highest BCUT2D eigenvalue weighted by molar-refractivity contribution is 6.42. The molecular weight excluding hydrogens is 363 g/mol. The van der Waals surface area contributed by atoms with Crippen LogP contribution in [0.5, 0.6) is 11.5 Å². The lowest BCUT2D eigenvalue weighted by atomic mass is 10.2. The summed E-state index contributed by atoms with van der Waals surface area (Å²) in [4.78, 5) is 13.6. The molecule has 0 saturated heterocycles. The average Bonchev–Trinajstić information content (AvgIpc) is 3.05. The Labute approximate surface area is 156 Å². The highest BCUT2D eigenvalue weighted by Gasteiger charge is 2.23. The van der Waals surface area contributed by atoms with E-state index in [1.54, 1.807) is 24.3 Å². The Bertz CT molecular complexity index is 798. The number of halogens is 2. The standard InChI is InChI=1S/C18H18Cl2N2O3/c1-11(22(2)9-12-3-5-14(19)15(20)7-12)18(23)21-13-4-6-16-17(8-13)25-10-24-16/h3-8,11H,9-10H2,1-2H3,(H,21,23)/p+1/t11-/m1/s1. The normalized spacial score (nSPS) is 14.9. The van der Waals surface area contributed by atoms with Crippen molar-refractivity contribution in [2.45, 2.75) is 19.5 Å². The van der Waals surface area contributed by atoms with Crippen LogP contribution in [0.1, 0.15) is 12.5 Å². The van der Waals surface area contributed by atoms with Gasteiger partial charge >= 0.3 is 0 Å². The van der Waals surface area contributed by atoms with Gasteiger partial charge < -0.3 is 19.7 Å². The molecular formula is C18H19Cl2N2O3+. The van der Waals surface area contributed by atoms with E-state index < -0.39 is 0 Å². The summed E-state index contributed by atoms with van der Waals surface area (Å²) >= 11 is 12.0. The van der Waals surface area contributed by atoms with Crippen molar-refractivity contribution in [2.24, 2.45) is 0 Å². The van der Waals surface area contributed by atoms with E-state index in [-0.39, 0.29) is 18.7 Å². The SMILES string of the molecule is C[C@H](C(=O)Nc1ccc2c(c1)OCO2)[NH+](C)Cc1ccc(Cl)c(Cl)c1. The van der Waals surface area contributed by atoms with Crippen LogP contribution in [0.25, 0.3) is 0 Å². The number of hydrogen-bond donors (Lipinski definition) is 2. The first-order chi connectivity index (χ1) is 11.9. The first-order valence-corrected chi connectivity index (χ1v) is 8.66. The highest BCUT2D eigenvalue weighted by Crippen LogP contribution is 2.34. The summed E-state index contributed by atoms with van der Waals surface area (Å²) in [6, 6.07) is 10.6. The molecule has 0 spiro atoms. The van der Waals surface area contributed by atoms with Gasteiger partial charge in [0.05, 0.1) is 17.1 Å². The predicted molar refractivity (Wildman–Crippen MR) is 97.7 cm³/mol. The third kappa shape index (κ3) is 4.18. The Morgan fingerprint density at radius 3 is 2.68 bits per heavy atom. The number of fused-ring (bicyclic) bond motifs is 1. The van der Waals surface area contributed by atoms with E-state index in [4.69, 9.17) is 32.7 Å². The number of carbonyl (C=O) groups is 1. The molecule has 3 rings (SSSR count). The molecule has 0 aliphatic carbocycles. The van der Waals surface area contributed by atoms with E-state index in [0.29, 0.717) is 33.8 Å². The van der Waals surface area contributed by atoms with Crippen LogP contribution in [-0.4, -0.2) is 25.8 Å². The Morgan fingerprint density at radius 2 is 1.92 bits per heavy atom. The van der Waals surface area contributed by atoms with Crippen LogP contribution in [0.15, 0.2) is 36.4 Å². The van der Waals surface area contributed by atoms with Crippen molar-refractivity contribution in [3.8, 4) is 11.5 Å². The third-order valence-electron chi connectivity index (χ3n) is 4.24. The van der Waals surface area contributed by atoms with Crippen LogP contribution in [0.3, 0.4) is 0 Å². The fourth-order valence-corrected chi connectivity index (χ4v) is 2.89. The zero-order valence-corrected chi connectivity index (χ0v) is 15.4. The van der Waals surface area contributed by atoms with Crippen LogP contribution in [0, 0.1) is 0 Å². The van der Waals surface area contributed by atoms with Crippen LogP contribution in [0.2, 0.25) is 10.0 Å². The van der Waals surface area contributed by atoms with Crippen LogP contribution >= 0.6 is 23.2 Å². The van der Waals surface area contributed by atoms with E-state index in [2.05, 4.69) is 5.32 Å². The molecule has 0 fully saturated rings. The fraction of sp³-hybridized carbons (Fsp3) is 0.278. The molecule has 1 aliphatic heterocycles. The van der Waals surface area contributed by atoms with Gasteiger partial charge in [0.1, 0.15) is 6.54 Å². The van der Waals surface area contributed by atoms with Gasteiger partial charge in [0.25, 0.3) is 5.91 Å². The second-order valence-electron chi connectivity index (χ2n) is 6.05. The molecule has 0 bridgehead atoms. The molecule has 1 unspecified atom stereocenters. The van der Waals surface area contributed by atoms with Gasteiger partial charge in [-0.25, -0.2) is 0 Å². The number of amides is 1. The molecule has 2 N–H and O–H groups in total. The molecule has 5 nitrogen and oxygen atoms in total. The molecule has 2 atom stereocenters. The number of nitrogens with one attached hydrogen (secondary N) is 2. The summed E-state index contributed by atoms with van der Waals surface area (Å²) in [7, 11) is 1.96. The highest BCUT2D eigenvalue weighted by atomic mass is 35.5. The number of hydrogen-bond acceptors (Lipinski definition) is 3. The number of carbonyl (C=O) groups excluding carboxylic acids is 1. The second-order valence-corrected chi connectivity index (χ2v) is 6.86. The van der Waals surface area contributed by atoms with Gasteiger partial charge in [-0.1, -0.05) is 29.3 Å². The Hall–Kier alpha value is -1.95. The van der Waals surface area contributed by atoms with Crippen LogP contribution in [0.4, 0.5) is 5.69 Å². The maximum Gasteiger partial charge on any atom is 0.282 e. The van der Waals surface area contributed by atoms with Crippen molar-refractivity contribution >= 4 is 34.8 Å². The molecule has 0 aromatic heterocycles. The van der Waals surface area contributed by atoms with E-state index >= 15 is 0 Å². The molecule has 1 amide bonds. The number of benzene rings is 2. The molecule has 2 aromatic rings. The first kappa shape index (κ1) is 17.9. The molecule has 25 heavy (non-hydrogen) atoms. The lowest BCUT2D eigenvalue weighted by Crippen LogP contribution is -3.12. The quantitative estimate of drug-likeness (QED) is 0.836. The number of anilines is 1. The summed E-state index contributed by atoms with van der Waals surface area (Å²) in [5.74, 6) is 1.26. The van der Waals surface area contributed by atoms with Gasteiger partial charge in [-0.3, -0.25) is 4.79 Å². The van der Waals surface area contributed by atoms with Gasteiger partial charge in [0, 0.05) is 17.3 Å². The maximum absolute atomic E-state index is 12.5. The number of likely N-dealkylation sites (N-methyl/N-ethyl adjacent to an activating group) is 1. The molecule has 1 heterocycles. The Morgan fingerprint density at radius 1 is 1.16 bits per heavy atom. The minimum atomic E-state index is -0.250. The van der Waals surface area contributed by atoms with Crippen molar-refractivity contribution in [1.82, 2.24) is 0 Å². The number of quaternary nitrogens is 1. The minimum absolute atomic E-state index is 0.0728. The van der Waals surface area contributed by atoms with Crippen LogP contribution in [-0.2, 0) is 11.3 Å². The maximum atomic E-state index is 12.5. The zero-order chi connectivity index (χ0) is 18.0. The number of ether oxygens (including phenoxy) is 2. The van der Waals surface area contributed by atoms with Gasteiger partial charge in [0.15, 0.2) is 17.5 Å². The third-order valence-corrected chi connectivity index (χ3v) is 4.98. The van der Waals surface area contributed by atoms with Gasteiger partial charge in [-0.15, -0.1) is 0 Å². The second kappa shape index (κ2) is 7.52. The smallest absolute Gasteiger partial charge is 0.282 e. The van der Waals surface area contributed by atoms with Crippen molar-refractivity contribution in [1.29, 1.82) is 0 Å². The summed E-state index contributed by atoms with van der Waals surface area (Å²) in [6.07, 6.45) is 0. The van der Waals surface area contributed by atoms with Gasteiger partial charge in [-0.2, -0.15) is 0 Å². The Kier molecular flexibility index (Phi) is 5.37. The van der Waals surface area contributed by atoms with Gasteiger partial charge in [-0.05, 0) is 31.2 Å². The summed E-state index contributed by atoms with van der Waals surface area (Å²) in [5, 5.41) is 3.96. The van der Waals surface area contributed by atoms with Crippen LogP contribution < -0.4 is 19.7 Å². The number of rotatable bonds is 5. The van der Waals surface area contributed by atoms with Crippen molar-refractivity contribution in [3.63, 3.8) is 0 Å². The molecule has 0 radical (unpaired) electrons. The summed E-state index contributed by atoms with van der Waals surface area (Å²) < 4.78 is 10.6. The van der Waals surface area contributed by atoms with Crippen molar-refractivity contribution in [3.05, 3.63) is 52.0 Å². The topological polar surface area (TPSA) is 52.0 Å². The Balaban J connectivity index is 1.62. The van der Waals surface area contributed by atoms with E-state index in [0.717, 1.165) is 10.5 Å². The largest absolute Gasteiger partial charge is 0.454 e. The zero-order valence-electron chi connectivity index (χ0n) is 13.9. The van der Waals surface area contributed by atoms with E-state index in [1.165, 1.54) is 0 Å². The minimum Gasteiger partial charge on any atom is -0.454 e. The lowest BCUT2D eigenvalue weighted by Gasteiger charge is -2.21. The average molecular weight is 382 g/mol. The lowest BCUT2D eigenvalue weighted by molar-refractivity contribution is -0.907. The predicted octanol–water partition coefficient (Wildman–Crippen LogP) is 2.76. The van der Waals surface area contributed by atoms with Gasteiger partial charge in [0.2, 0.25) is 6.79 Å². The van der Waals surface area contributed by atoms with Crippen molar-refractivity contribution in [2.75, 3.05) is 19.2 Å². The molecule has 0 saturated carbocycles. The molecule has 2 aromatic carbocycles. The monoisotopic (exact) mass is 381 g/mol. The first-order valence-electron chi connectivity index (χ1n) is 7.91. The van der Waals surface area contributed by atoms with Crippen molar-refractivity contribution < 1.29 is 19.2 Å². The summed E-state index contributed by atoms with van der Waals surface area (Å²) in [5.41, 5.74) is 1.71. The van der Waals surface area contributed by atoms with E-state index in [9.17, 15) is 4.79 Å². The van der Waals surface area contributed by atoms with E-state index in [1.807, 2.05) is 26.1 Å².